The molecule has 1 aromatic heterocycles. The number of nitrogens with zero attached hydrogens (tertiary/aromatic N) is 4. The first-order valence-electron chi connectivity index (χ1n) is 6.32. The van der Waals surface area contributed by atoms with Crippen molar-refractivity contribution < 1.29 is 10.0 Å². The summed E-state index contributed by atoms with van der Waals surface area (Å²) >= 11 is 0. The summed E-state index contributed by atoms with van der Waals surface area (Å²) in [4.78, 5) is 18.9. The Balaban J connectivity index is 2.04. The fourth-order valence-electron chi connectivity index (χ4n) is 2.25. The third-order valence-electron chi connectivity index (χ3n) is 3.35. The van der Waals surface area contributed by atoms with Crippen LogP contribution in [0.15, 0.2) is 12.1 Å². The summed E-state index contributed by atoms with van der Waals surface area (Å²) in [6.07, 6.45) is 0. The number of anilines is 1. The molecule has 0 saturated carbocycles. The zero-order valence-electron chi connectivity index (χ0n) is 10.9. The summed E-state index contributed by atoms with van der Waals surface area (Å²) in [5.41, 5.74) is 0.503. The van der Waals surface area contributed by atoms with Crippen LogP contribution in [0.4, 0.5) is 11.5 Å². The van der Waals surface area contributed by atoms with E-state index in [9.17, 15) is 10.1 Å². The number of β-amino-alcohol motifs (C(OH)–C–C–N with tert-alkyl or cyclic N) is 1. The van der Waals surface area contributed by atoms with Crippen molar-refractivity contribution >= 4 is 11.5 Å². The van der Waals surface area contributed by atoms with Crippen molar-refractivity contribution in [2.75, 3.05) is 44.2 Å². The van der Waals surface area contributed by atoms with Gasteiger partial charge in [-0.3, -0.25) is 15.0 Å². The van der Waals surface area contributed by atoms with Crippen LogP contribution in [-0.2, 0) is 0 Å². The van der Waals surface area contributed by atoms with Gasteiger partial charge in [-0.2, -0.15) is 0 Å². The number of hydrogen-bond donors (Lipinski definition) is 1. The summed E-state index contributed by atoms with van der Waals surface area (Å²) in [6.45, 7) is 5.92. The average molecular weight is 266 g/mol. The number of aliphatic hydroxyl groups excluding tert-OH is 1. The minimum Gasteiger partial charge on any atom is -0.395 e. The molecule has 1 N–H and O–H groups in total. The van der Waals surface area contributed by atoms with Crippen molar-refractivity contribution in [1.29, 1.82) is 0 Å². The van der Waals surface area contributed by atoms with Gasteiger partial charge in [0.2, 0.25) is 0 Å². The van der Waals surface area contributed by atoms with Gasteiger partial charge in [-0.05, 0) is 13.0 Å². The normalized spacial score (nSPS) is 16.6. The van der Waals surface area contributed by atoms with Crippen LogP contribution in [-0.4, -0.2) is 59.2 Å². The molecule has 7 nitrogen and oxygen atoms in total. The van der Waals surface area contributed by atoms with Crippen LogP contribution >= 0.6 is 0 Å². The van der Waals surface area contributed by atoms with Gasteiger partial charge in [0.25, 0.3) is 5.69 Å². The molecule has 7 heteroatoms. The summed E-state index contributed by atoms with van der Waals surface area (Å²) in [6, 6.07) is 3.21. The van der Waals surface area contributed by atoms with Crippen LogP contribution < -0.4 is 4.90 Å². The topological polar surface area (TPSA) is 82.7 Å². The molecule has 19 heavy (non-hydrogen) atoms. The van der Waals surface area contributed by atoms with Crippen LogP contribution in [0.2, 0.25) is 0 Å². The fourth-order valence-corrected chi connectivity index (χ4v) is 2.25. The van der Waals surface area contributed by atoms with Gasteiger partial charge >= 0.3 is 0 Å². The quantitative estimate of drug-likeness (QED) is 0.628. The Kier molecular flexibility index (Phi) is 4.28. The highest BCUT2D eigenvalue weighted by atomic mass is 16.6. The van der Waals surface area contributed by atoms with E-state index in [0.29, 0.717) is 12.2 Å². The molecule has 2 rings (SSSR count). The molecule has 2 heterocycles. The van der Waals surface area contributed by atoms with Gasteiger partial charge in [0, 0.05) is 38.8 Å². The molecule has 0 unspecified atom stereocenters. The largest absolute Gasteiger partial charge is 0.395 e. The molecular weight excluding hydrogens is 248 g/mol. The predicted molar refractivity (Wildman–Crippen MR) is 71.4 cm³/mol. The number of aliphatic hydroxyl groups is 1. The van der Waals surface area contributed by atoms with Gasteiger partial charge in [-0.1, -0.05) is 0 Å². The molecular formula is C12H18N4O3. The maximum Gasteiger partial charge on any atom is 0.290 e. The molecule has 104 valence electrons. The van der Waals surface area contributed by atoms with E-state index in [2.05, 4.69) is 14.8 Å². The summed E-state index contributed by atoms with van der Waals surface area (Å²) < 4.78 is 0. The van der Waals surface area contributed by atoms with E-state index in [1.165, 1.54) is 6.07 Å². The Hall–Kier alpha value is -1.73. The lowest BCUT2D eigenvalue weighted by molar-refractivity contribution is -0.385. The first-order chi connectivity index (χ1) is 9.11. The van der Waals surface area contributed by atoms with E-state index in [4.69, 9.17) is 5.11 Å². The van der Waals surface area contributed by atoms with Gasteiger partial charge in [0.15, 0.2) is 0 Å². The third-order valence-corrected chi connectivity index (χ3v) is 3.35. The molecule has 0 amide bonds. The van der Waals surface area contributed by atoms with E-state index < -0.39 is 4.92 Å². The molecule has 0 spiro atoms. The molecule has 0 aromatic carbocycles. The first kappa shape index (κ1) is 13.7. The van der Waals surface area contributed by atoms with Crippen molar-refractivity contribution in [2.24, 2.45) is 0 Å². The van der Waals surface area contributed by atoms with Crippen molar-refractivity contribution in [2.45, 2.75) is 6.92 Å². The van der Waals surface area contributed by atoms with Crippen molar-refractivity contribution in [3.8, 4) is 0 Å². The van der Waals surface area contributed by atoms with Crippen LogP contribution in [0, 0.1) is 17.0 Å². The monoisotopic (exact) mass is 266 g/mol. The number of aryl methyl sites for hydroxylation is 1. The van der Waals surface area contributed by atoms with Crippen molar-refractivity contribution in [3.05, 3.63) is 27.9 Å². The minimum absolute atomic E-state index is 0.0580. The zero-order chi connectivity index (χ0) is 13.8. The highest BCUT2D eigenvalue weighted by molar-refractivity contribution is 5.47. The van der Waals surface area contributed by atoms with Crippen molar-refractivity contribution in [3.63, 3.8) is 0 Å². The molecule has 0 atom stereocenters. The second-order valence-electron chi connectivity index (χ2n) is 4.58. The fraction of sp³-hybridized carbons (Fsp3) is 0.583. The second kappa shape index (κ2) is 5.94. The lowest BCUT2D eigenvalue weighted by Crippen LogP contribution is -2.47. The number of nitro groups is 1. The summed E-state index contributed by atoms with van der Waals surface area (Å²) in [5, 5.41) is 19.6. The maximum atomic E-state index is 10.7. The number of piperazine rings is 1. The Morgan fingerprint density at radius 3 is 2.58 bits per heavy atom. The highest BCUT2D eigenvalue weighted by Crippen LogP contribution is 2.21. The molecule has 0 aliphatic carbocycles. The standard InChI is InChI=1S/C12H18N4O3/c1-10-11(16(18)19)2-3-12(13-10)15-6-4-14(5-7-15)8-9-17/h2-3,17H,4-9H2,1H3. The number of hydrogen-bond acceptors (Lipinski definition) is 6. The van der Waals surface area contributed by atoms with Gasteiger partial charge in [0.05, 0.1) is 11.5 Å². The lowest BCUT2D eigenvalue weighted by Gasteiger charge is -2.35. The summed E-state index contributed by atoms with van der Waals surface area (Å²) in [5.74, 6) is 0.784. The molecule has 1 fully saturated rings. The Bertz CT molecular complexity index is 458. The third kappa shape index (κ3) is 3.18. The number of rotatable bonds is 4. The molecule has 1 aliphatic heterocycles. The van der Waals surface area contributed by atoms with Crippen molar-refractivity contribution in [1.82, 2.24) is 9.88 Å². The minimum atomic E-state index is -0.411. The van der Waals surface area contributed by atoms with E-state index in [1.807, 2.05) is 0 Å². The lowest BCUT2D eigenvalue weighted by atomic mass is 10.2. The first-order valence-corrected chi connectivity index (χ1v) is 6.32. The van der Waals surface area contributed by atoms with E-state index in [-0.39, 0.29) is 12.3 Å². The van der Waals surface area contributed by atoms with E-state index in [0.717, 1.165) is 32.0 Å². The van der Waals surface area contributed by atoms with Crippen LogP contribution in [0.3, 0.4) is 0 Å². The molecule has 0 bridgehead atoms. The molecule has 0 radical (unpaired) electrons. The van der Waals surface area contributed by atoms with Crippen LogP contribution in [0.1, 0.15) is 5.69 Å². The maximum absolute atomic E-state index is 10.7. The molecule has 1 aliphatic rings. The van der Waals surface area contributed by atoms with E-state index in [1.54, 1.807) is 13.0 Å². The van der Waals surface area contributed by atoms with Gasteiger partial charge in [-0.25, -0.2) is 4.98 Å². The zero-order valence-corrected chi connectivity index (χ0v) is 10.9. The number of pyridine rings is 1. The van der Waals surface area contributed by atoms with E-state index >= 15 is 0 Å². The molecule has 1 saturated heterocycles. The SMILES string of the molecule is Cc1nc(N2CCN(CCO)CC2)ccc1[N+](=O)[O-]. The van der Waals surface area contributed by atoms with Crippen LogP contribution in [0.5, 0.6) is 0 Å². The average Bonchev–Trinajstić information content (AvgIpc) is 2.39. The van der Waals surface area contributed by atoms with Gasteiger partial charge in [0.1, 0.15) is 11.5 Å². The van der Waals surface area contributed by atoms with Gasteiger partial charge in [-0.15, -0.1) is 0 Å². The smallest absolute Gasteiger partial charge is 0.290 e. The Labute approximate surface area is 111 Å². The Morgan fingerprint density at radius 1 is 1.37 bits per heavy atom. The second-order valence-corrected chi connectivity index (χ2v) is 4.58. The van der Waals surface area contributed by atoms with Gasteiger partial charge < -0.3 is 10.0 Å². The summed E-state index contributed by atoms with van der Waals surface area (Å²) in [7, 11) is 0. The molecule has 1 aromatic rings. The number of aromatic nitrogens is 1. The Morgan fingerprint density at radius 2 is 2.05 bits per heavy atom. The predicted octanol–water partition coefficient (Wildman–Crippen LogP) is 0.413. The van der Waals surface area contributed by atoms with Crippen LogP contribution in [0.25, 0.3) is 0 Å². The highest BCUT2D eigenvalue weighted by Gasteiger charge is 2.19.